The number of hydrogen-bond acceptors (Lipinski definition) is 6. The molecule has 3 aromatic rings. The van der Waals surface area contributed by atoms with Crippen LogP contribution in [0.15, 0.2) is 72.8 Å². The monoisotopic (exact) mass is 430 g/mol. The predicted molar refractivity (Wildman–Crippen MR) is 122 cm³/mol. The molecule has 0 amide bonds. The quantitative estimate of drug-likeness (QED) is 0.390. The van der Waals surface area contributed by atoms with E-state index in [-0.39, 0.29) is 23.1 Å². The Morgan fingerprint density at radius 1 is 0.688 bits per heavy atom. The van der Waals surface area contributed by atoms with Crippen LogP contribution in [0.25, 0.3) is 12.2 Å². The highest BCUT2D eigenvalue weighted by atomic mass is 16.5. The molecular formula is C26H22O6. The molecule has 0 unspecified atom stereocenters. The van der Waals surface area contributed by atoms with Crippen molar-refractivity contribution in [1.29, 1.82) is 0 Å². The highest BCUT2D eigenvalue weighted by Crippen LogP contribution is 2.31. The Labute approximate surface area is 185 Å². The maximum Gasteiger partial charge on any atom is 0.185 e. The van der Waals surface area contributed by atoms with E-state index in [0.717, 1.165) is 0 Å². The van der Waals surface area contributed by atoms with Crippen LogP contribution in [0.4, 0.5) is 0 Å². The number of ether oxygens (including phenoxy) is 2. The molecule has 0 fully saturated rings. The summed E-state index contributed by atoms with van der Waals surface area (Å²) >= 11 is 0. The summed E-state index contributed by atoms with van der Waals surface area (Å²) in [5.74, 6) is 0.440. The lowest BCUT2D eigenvalue weighted by atomic mass is 10.0. The first-order valence-corrected chi connectivity index (χ1v) is 9.70. The van der Waals surface area contributed by atoms with Crippen LogP contribution in [0.1, 0.15) is 31.8 Å². The Kier molecular flexibility index (Phi) is 7.08. The Hall–Kier alpha value is -4.32. The summed E-state index contributed by atoms with van der Waals surface area (Å²) in [7, 11) is 3.00. The van der Waals surface area contributed by atoms with Gasteiger partial charge in [-0.25, -0.2) is 0 Å². The maximum atomic E-state index is 12.4. The number of aromatic hydroxyl groups is 2. The molecule has 2 N–H and O–H groups in total. The van der Waals surface area contributed by atoms with Gasteiger partial charge in [0.25, 0.3) is 0 Å². The van der Waals surface area contributed by atoms with Crippen LogP contribution in [0.2, 0.25) is 0 Å². The summed E-state index contributed by atoms with van der Waals surface area (Å²) in [6.45, 7) is 0. The molecule has 0 saturated heterocycles. The maximum absolute atomic E-state index is 12.4. The number of carbonyl (C=O) groups is 2. The van der Waals surface area contributed by atoms with E-state index in [1.54, 1.807) is 48.6 Å². The van der Waals surface area contributed by atoms with E-state index in [2.05, 4.69) is 0 Å². The molecular weight excluding hydrogens is 408 g/mol. The van der Waals surface area contributed by atoms with Gasteiger partial charge in [-0.1, -0.05) is 24.3 Å². The lowest BCUT2D eigenvalue weighted by molar-refractivity contribution is 0.103. The van der Waals surface area contributed by atoms with Crippen molar-refractivity contribution in [2.75, 3.05) is 14.2 Å². The molecule has 0 aromatic heterocycles. The highest BCUT2D eigenvalue weighted by molar-refractivity contribution is 6.08. The van der Waals surface area contributed by atoms with Gasteiger partial charge in [0, 0.05) is 22.3 Å². The van der Waals surface area contributed by atoms with Crippen molar-refractivity contribution in [3.63, 3.8) is 0 Å². The molecule has 0 spiro atoms. The van der Waals surface area contributed by atoms with Crippen molar-refractivity contribution in [3.05, 3.63) is 95.1 Å². The number of phenolic OH excluding ortho intramolecular Hbond substituents is 2. The van der Waals surface area contributed by atoms with Gasteiger partial charge in [0.05, 0.1) is 14.2 Å². The molecule has 6 heteroatoms. The minimum absolute atomic E-state index is 0.0138. The molecule has 0 aliphatic heterocycles. The van der Waals surface area contributed by atoms with Crippen LogP contribution in [-0.2, 0) is 0 Å². The number of allylic oxidation sites excluding steroid dienone is 2. The number of rotatable bonds is 8. The van der Waals surface area contributed by atoms with Crippen molar-refractivity contribution in [2.24, 2.45) is 0 Å². The Bertz CT molecular complexity index is 1110. The van der Waals surface area contributed by atoms with E-state index >= 15 is 0 Å². The molecule has 32 heavy (non-hydrogen) atoms. The standard InChI is InChI=1S/C26H22O6/c1-31-25-15-20(10-12-24(30)18-6-4-8-22(28)14-18)26(32-2)16-19(25)9-11-23(29)17-5-3-7-21(27)13-17/h3-16,27-28H,1-2H3/b11-9+,12-10+. The summed E-state index contributed by atoms with van der Waals surface area (Å²) < 4.78 is 10.9. The topological polar surface area (TPSA) is 93.1 Å². The molecule has 0 bridgehead atoms. The van der Waals surface area contributed by atoms with Gasteiger partial charge < -0.3 is 19.7 Å². The van der Waals surface area contributed by atoms with Gasteiger partial charge in [-0.3, -0.25) is 9.59 Å². The zero-order valence-corrected chi connectivity index (χ0v) is 17.6. The molecule has 3 aromatic carbocycles. The second-order valence-electron chi connectivity index (χ2n) is 6.83. The first-order valence-electron chi connectivity index (χ1n) is 9.70. The van der Waals surface area contributed by atoms with E-state index in [9.17, 15) is 19.8 Å². The fourth-order valence-electron chi connectivity index (χ4n) is 3.05. The van der Waals surface area contributed by atoms with Crippen LogP contribution in [0, 0.1) is 0 Å². The number of methoxy groups -OCH3 is 2. The van der Waals surface area contributed by atoms with Gasteiger partial charge in [-0.05, 0) is 60.7 Å². The minimum Gasteiger partial charge on any atom is -0.508 e. The van der Waals surface area contributed by atoms with Crippen molar-refractivity contribution in [3.8, 4) is 23.0 Å². The first kappa shape index (κ1) is 22.4. The van der Waals surface area contributed by atoms with Crippen LogP contribution < -0.4 is 9.47 Å². The largest absolute Gasteiger partial charge is 0.508 e. The minimum atomic E-state index is -0.275. The average Bonchev–Trinajstić information content (AvgIpc) is 2.80. The lowest BCUT2D eigenvalue weighted by Gasteiger charge is -2.11. The van der Waals surface area contributed by atoms with Gasteiger partial charge >= 0.3 is 0 Å². The van der Waals surface area contributed by atoms with Crippen LogP contribution in [0.5, 0.6) is 23.0 Å². The normalized spacial score (nSPS) is 11.1. The van der Waals surface area contributed by atoms with Gasteiger partial charge in [0.1, 0.15) is 23.0 Å². The van der Waals surface area contributed by atoms with Gasteiger partial charge in [0.15, 0.2) is 11.6 Å². The van der Waals surface area contributed by atoms with Crippen LogP contribution in [-0.4, -0.2) is 36.0 Å². The lowest BCUT2D eigenvalue weighted by Crippen LogP contribution is -1.96. The summed E-state index contributed by atoms with van der Waals surface area (Å²) in [6.07, 6.45) is 5.96. The number of phenols is 2. The van der Waals surface area contributed by atoms with Crippen LogP contribution >= 0.6 is 0 Å². The van der Waals surface area contributed by atoms with E-state index in [0.29, 0.717) is 33.8 Å². The average molecular weight is 430 g/mol. The SMILES string of the molecule is COc1cc(/C=C/C(=O)c2cccc(O)c2)c(OC)cc1/C=C/C(=O)c1cccc(O)c1. The van der Waals surface area contributed by atoms with Gasteiger partial charge in [0.2, 0.25) is 0 Å². The number of benzene rings is 3. The van der Waals surface area contributed by atoms with E-state index in [4.69, 9.17) is 9.47 Å². The fraction of sp³-hybridized carbons (Fsp3) is 0.0769. The number of hydrogen-bond donors (Lipinski definition) is 2. The van der Waals surface area contributed by atoms with E-state index in [1.165, 1.54) is 50.6 Å². The molecule has 0 aliphatic carbocycles. The van der Waals surface area contributed by atoms with Crippen molar-refractivity contribution < 1.29 is 29.3 Å². The third-order valence-electron chi connectivity index (χ3n) is 4.67. The summed E-state index contributed by atoms with van der Waals surface area (Å²) in [6, 6.07) is 15.6. The third kappa shape index (κ3) is 5.43. The van der Waals surface area contributed by atoms with Crippen molar-refractivity contribution >= 4 is 23.7 Å². The Morgan fingerprint density at radius 2 is 1.09 bits per heavy atom. The smallest absolute Gasteiger partial charge is 0.185 e. The van der Waals surface area contributed by atoms with E-state index in [1.807, 2.05) is 0 Å². The molecule has 0 aliphatic rings. The number of ketones is 2. The molecule has 6 nitrogen and oxygen atoms in total. The molecule has 0 radical (unpaired) electrons. The summed E-state index contributed by atoms with van der Waals surface area (Å²) in [5, 5.41) is 19.1. The zero-order valence-electron chi connectivity index (χ0n) is 17.6. The van der Waals surface area contributed by atoms with Gasteiger partial charge in [-0.2, -0.15) is 0 Å². The predicted octanol–water partition coefficient (Wildman–Crippen LogP) is 4.91. The van der Waals surface area contributed by atoms with Crippen LogP contribution in [0.3, 0.4) is 0 Å². The zero-order chi connectivity index (χ0) is 23.1. The Morgan fingerprint density at radius 3 is 1.44 bits per heavy atom. The third-order valence-corrected chi connectivity index (χ3v) is 4.67. The number of carbonyl (C=O) groups excluding carboxylic acids is 2. The molecule has 3 rings (SSSR count). The summed E-state index contributed by atoms with van der Waals surface area (Å²) in [4.78, 5) is 24.8. The first-order chi connectivity index (χ1) is 15.4. The van der Waals surface area contributed by atoms with Gasteiger partial charge in [-0.15, -0.1) is 0 Å². The molecule has 0 heterocycles. The molecule has 0 atom stereocenters. The van der Waals surface area contributed by atoms with E-state index < -0.39 is 0 Å². The second-order valence-corrected chi connectivity index (χ2v) is 6.83. The fourth-order valence-corrected chi connectivity index (χ4v) is 3.05. The van der Waals surface area contributed by atoms with Crippen molar-refractivity contribution in [2.45, 2.75) is 0 Å². The molecule has 0 saturated carbocycles. The Balaban J connectivity index is 1.87. The van der Waals surface area contributed by atoms with Crippen molar-refractivity contribution in [1.82, 2.24) is 0 Å². The second kappa shape index (κ2) is 10.1. The summed E-state index contributed by atoms with van der Waals surface area (Å²) in [5.41, 5.74) is 1.93. The molecule has 162 valence electrons. The highest BCUT2D eigenvalue weighted by Gasteiger charge is 2.10.